The van der Waals surface area contributed by atoms with Gasteiger partial charge < -0.3 is 5.32 Å². The number of rotatable bonds is 6. The Kier molecular flexibility index (Phi) is 5.25. The lowest BCUT2D eigenvalue weighted by Gasteiger charge is -2.20. The number of hydrogen-bond donors (Lipinski definition) is 1. The molecule has 1 aliphatic rings. The van der Waals surface area contributed by atoms with Crippen LogP contribution in [-0.2, 0) is 9.84 Å². The van der Waals surface area contributed by atoms with E-state index in [1.54, 1.807) is 13.8 Å². The first-order valence-electron chi connectivity index (χ1n) is 6.38. The van der Waals surface area contributed by atoms with Crippen molar-refractivity contribution in [1.29, 1.82) is 0 Å². The van der Waals surface area contributed by atoms with Gasteiger partial charge in [-0.25, -0.2) is 8.42 Å². The van der Waals surface area contributed by atoms with Crippen LogP contribution >= 0.6 is 0 Å². The van der Waals surface area contributed by atoms with Crippen molar-refractivity contribution in [3.8, 4) is 0 Å². The van der Waals surface area contributed by atoms with E-state index in [1.807, 2.05) is 0 Å². The van der Waals surface area contributed by atoms with Crippen molar-refractivity contribution in [3.63, 3.8) is 0 Å². The summed E-state index contributed by atoms with van der Waals surface area (Å²) in [5, 5.41) is 3.10. The fourth-order valence-corrected chi connectivity index (χ4v) is 3.16. The fraction of sp³-hybridized carbons (Fsp3) is 1.00. The Morgan fingerprint density at radius 1 is 1.19 bits per heavy atom. The molecule has 4 heteroatoms. The minimum atomic E-state index is -2.88. The molecule has 0 radical (unpaired) electrons. The minimum absolute atomic E-state index is 0.254. The smallest absolute Gasteiger partial charge is 0.153 e. The molecule has 1 aliphatic carbocycles. The van der Waals surface area contributed by atoms with Gasteiger partial charge in [0.15, 0.2) is 9.84 Å². The van der Waals surface area contributed by atoms with E-state index in [-0.39, 0.29) is 11.0 Å². The van der Waals surface area contributed by atoms with E-state index in [4.69, 9.17) is 0 Å². The molecule has 1 rings (SSSR count). The van der Waals surface area contributed by atoms with Crippen LogP contribution in [-0.4, -0.2) is 32.0 Å². The Labute approximate surface area is 99.9 Å². The molecule has 1 fully saturated rings. The molecule has 0 aliphatic heterocycles. The molecular formula is C12H25NO2S. The topological polar surface area (TPSA) is 46.2 Å². The average molecular weight is 247 g/mol. The lowest BCUT2D eigenvalue weighted by Crippen LogP contribution is -2.36. The molecule has 0 amide bonds. The third kappa shape index (κ3) is 4.06. The first kappa shape index (κ1) is 14.0. The Hall–Kier alpha value is -0.0900. The van der Waals surface area contributed by atoms with Gasteiger partial charge in [-0.05, 0) is 39.5 Å². The molecule has 0 unspecified atom stereocenters. The highest BCUT2D eigenvalue weighted by Crippen LogP contribution is 2.27. The molecule has 1 N–H and O–H groups in total. The van der Waals surface area contributed by atoms with Crippen molar-refractivity contribution in [2.24, 2.45) is 5.92 Å². The molecule has 0 saturated heterocycles. The largest absolute Gasteiger partial charge is 0.313 e. The summed E-state index contributed by atoms with van der Waals surface area (Å²) in [7, 11) is -2.88. The molecule has 16 heavy (non-hydrogen) atoms. The standard InChI is InChI=1S/C12H25NO2S/c1-10(2)16(14,15)9-8-13-11(3)12-6-4-5-7-12/h10-13H,4-9H2,1-3H3/t11-/m1/s1. The van der Waals surface area contributed by atoms with Gasteiger partial charge in [0.2, 0.25) is 0 Å². The van der Waals surface area contributed by atoms with Gasteiger partial charge in [0.05, 0.1) is 11.0 Å². The average Bonchev–Trinajstić information content (AvgIpc) is 2.69. The highest BCUT2D eigenvalue weighted by molar-refractivity contribution is 7.92. The van der Waals surface area contributed by atoms with E-state index in [2.05, 4.69) is 12.2 Å². The SMILES string of the molecule is CC(C)S(=O)(=O)CCN[C@H](C)C1CCCC1. The van der Waals surface area contributed by atoms with Crippen LogP contribution in [0.15, 0.2) is 0 Å². The zero-order valence-corrected chi connectivity index (χ0v) is 11.5. The van der Waals surface area contributed by atoms with Gasteiger partial charge in [-0.3, -0.25) is 0 Å². The summed E-state index contributed by atoms with van der Waals surface area (Å²) in [5.41, 5.74) is 0. The first-order valence-corrected chi connectivity index (χ1v) is 8.10. The molecule has 0 aromatic heterocycles. The van der Waals surface area contributed by atoms with Crippen molar-refractivity contribution in [2.75, 3.05) is 12.3 Å². The Morgan fingerprint density at radius 3 is 2.25 bits per heavy atom. The second-order valence-electron chi connectivity index (χ2n) is 5.20. The Bertz CT molecular complexity index is 292. The molecule has 3 nitrogen and oxygen atoms in total. The molecule has 0 bridgehead atoms. The van der Waals surface area contributed by atoms with Gasteiger partial charge in [-0.1, -0.05) is 12.8 Å². The van der Waals surface area contributed by atoms with Crippen molar-refractivity contribution in [2.45, 2.75) is 57.7 Å². The van der Waals surface area contributed by atoms with Crippen LogP contribution in [0.5, 0.6) is 0 Å². The summed E-state index contributed by atoms with van der Waals surface area (Å²) in [5.74, 6) is 1.02. The van der Waals surface area contributed by atoms with Crippen LogP contribution in [0.2, 0.25) is 0 Å². The van der Waals surface area contributed by atoms with Gasteiger partial charge in [0, 0.05) is 12.6 Å². The van der Waals surface area contributed by atoms with Crippen molar-refractivity contribution in [1.82, 2.24) is 5.32 Å². The van der Waals surface area contributed by atoms with Gasteiger partial charge in [0.25, 0.3) is 0 Å². The molecule has 96 valence electrons. The van der Waals surface area contributed by atoms with Crippen LogP contribution < -0.4 is 5.32 Å². The predicted molar refractivity (Wildman–Crippen MR) is 68.3 cm³/mol. The maximum absolute atomic E-state index is 11.6. The van der Waals surface area contributed by atoms with E-state index in [0.29, 0.717) is 12.6 Å². The van der Waals surface area contributed by atoms with Gasteiger partial charge in [-0.15, -0.1) is 0 Å². The third-order valence-corrected chi connectivity index (χ3v) is 5.89. The highest BCUT2D eigenvalue weighted by Gasteiger charge is 2.22. The van der Waals surface area contributed by atoms with Crippen molar-refractivity contribution in [3.05, 3.63) is 0 Å². The second kappa shape index (κ2) is 6.01. The summed E-state index contributed by atoms with van der Waals surface area (Å²) in [6, 6.07) is 0.463. The van der Waals surface area contributed by atoms with Crippen LogP contribution in [0.1, 0.15) is 46.5 Å². The van der Waals surface area contributed by atoms with Crippen LogP contribution in [0.25, 0.3) is 0 Å². The van der Waals surface area contributed by atoms with E-state index in [9.17, 15) is 8.42 Å². The normalized spacial score (nSPS) is 20.5. The quantitative estimate of drug-likeness (QED) is 0.780. The first-order chi connectivity index (χ1) is 7.43. The summed E-state index contributed by atoms with van der Waals surface area (Å²) in [4.78, 5) is 0. The minimum Gasteiger partial charge on any atom is -0.313 e. The monoisotopic (exact) mass is 247 g/mol. The summed E-state index contributed by atoms with van der Waals surface area (Å²) in [6.45, 7) is 6.27. The van der Waals surface area contributed by atoms with Gasteiger partial charge in [-0.2, -0.15) is 0 Å². The lowest BCUT2D eigenvalue weighted by atomic mass is 10.00. The molecule has 1 saturated carbocycles. The molecular weight excluding hydrogens is 222 g/mol. The van der Waals surface area contributed by atoms with Crippen LogP contribution in [0.3, 0.4) is 0 Å². The van der Waals surface area contributed by atoms with E-state index < -0.39 is 9.84 Å². The van der Waals surface area contributed by atoms with Crippen LogP contribution in [0, 0.1) is 5.92 Å². The Morgan fingerprint density at radius 2 is 1.75 bits per heavy atom. The number of sulfone groups is 1. The predicted octanol–water partition coefficient (Wildman–Crippen LogP) is 1.98. The molecule has 0 aromatic carbocycles. The van der Waals surface area contributed by atoms with E-state index >= 15 is 0 Å². The zero-order chi connectivity index (χ0) is 12.2. The van der Waals surface area contributed by atoms with Crippen molar-refractivity contribution < 1.29 is 8.42 Å². The van der Waals surface area contributed by atoms with Crippen molar-refractivity contribution >= 4 is 9.84 Å². The van der Waals surface area contributed by atoms with E-state index in [1.165, 1.54) is 25.7 Å². The second-order valence-corrected chi connectivity index (χ2v) is 7.88. The van der Waals surface area contributed by atoms with Gasteiger partial charge >= 0.3 is 0 Å². The van der Waals surface area contributed by atoms with Gasteiger partial charge in [0.1, 0.15) is 0 Å². The summed E-state index contributed by atoms with van der Waals surface area (Å²) < 4.78 is 23.2. The summed E-state index contributed by atoms with van der Waals surface area (Å²) in [6.07, 6.45) is 5.26. The molecule has 1 atom stereocenters. The van der Waals surface area contributed by atoms with E-state index in [0.717, 1.165) is 5.92 Å². The molecule has 0 aromatic rings. The number of hydrogen-bond acceptors (Lipinski definition) is 3. The fourth-order valence-electron chi connectivity index (χ4n) is 2.29. The molecule has 0 heterocycles. The molecule has 0 spiro atoms. The number of nitrogens with one attached hydrogen (secondary N) is 1. The Balaban J connectivity index is 2.24. The third-order valence-electron chi connectivity index (χ3n) is 3.68. The summed E-state index contributed by atoms with van der Waals surface area (Å²) >= 11 is 0. The lowest BCUT2D eigenvalue weighted by molar-refractivity contribution is 0.389. The maximum atomic E-state index is 11.6. The van der Waals surface area contributed by atoms with Crippen LogP contribution in [0.4, 0.5) is 0 Å². The maximum Gasteiger partial charge on any atom is 0.153 e. The highest BCUT2D eigenvalue weighted by atomic mass is 32.2. The zero-order valence-electron chi connectivity index (χ0n) is 10.7.